The van der Waals surface area contributed by atoms with Crippen molar-refractivity contribution in [3.05, 3.63) is 72.5 Å². The second-order valence-corrected chi connectivity index (χ2v) is 9.12. The number of rotatable bonds is 10. The first-order chi connectivity index (χ1) is 17.8. The quantitative estimate of drug-likeness (QED) is 0.287. The molecule has 4 aromatic rings. The molecule has 0 saturated heterocycles. The number of benzene rings is 2. The fraction of sp³-hybridized carbons (Fsp3) is 0.222. The predicted octanol–water partition coefficient (Wildman–Crippen LogP) is 4.95. The Balaban J connectivity index is 1.71. The van der Waals surface area contributed by atoms with Gasteiger partial charge in [-0.05, 0) is 38.4 Å². The van der Waals surface area contributed by atoms with Crippen LogP contribution in [0.2, 0.25) is 5.02 Å². The first-order valence-electron chi connectivity index (χ1n) is 11.7. The number of fused-ring (bicyclic) bond motifs is 1. The monoisotopic (exact) mass is 519 g/mol. The Kier molecular flexibility index (Phi) is 7.95. The smallest absolute Gasteiger partial charge is 0.247 e. The summed E-state index contributed by atoms with van der Waals surface area (Å²) in [5.41, 5.74) is 2.95. The summed E-state index contributed by atoms with van der Waals surface area (Å²) in [4.78, 5) is 25.5. The summed E-state index contributed by atoms with van der Waals surface area (Å²) in [7, 11) is 7.59. The van der Waals surface area contributed by atoms with Gasteiger partial charge in [0, 0.05) is 44.0 Å². The molecule has 37 heavy (non-hydrogen) atoms. The molecule has 0 saturated carbocycles. The Hall–Kier alpha value is -4.08. The SMILES string of the molecule is C=CC(=O)Nc1cc(Nc2nccc(-n3cc(Cl)c4ccccc43)n2)c(OC)cc1N(C)CCN(C)C. The lowest BCUT2D eigenvalue weighted by molar-refractivity contribution is -0.111. The maximum Gasteiger partial charge on any atom is 0.247 e. The number of nitrogens with one attached hydrogen (secondary N) is 2. The van der Waals surface area contributed by atoms with Gasteiger partial charge in [0.05, 0.1) is 34.7 Å². The molecular formula is C27H30ClN7O2. The number of nitrogens with zero attached hydrogens (tertiary/aromatic N) is 5. The number of carbonyl (C=O) groups excluding carboxylic acids is 1. The fourth-order valence-electron chi connectivity index (χ4n) is 3.90. The van der Waals surface area contributed by atoms with Crippen molar-refractivity contribution >= 4 is 51.4 Å². The Morgan fingerprint density at radius 2 is 1.95 bits per heavy atom. The molecule has 2 N–H and O–H groups in total. The van der Waals surface area contributed by atoms with E-state index in [9.17, 15) is 4.79 Å². The molecule has 0 bridgehead atoms. The van der Waals surface area contributed by atoms with Crippen molar-refractivity contribution in [1.29, 1.82) is 0 Å². The molecule has 0 aliphatic heterocycles. The molecule has 0 radical (unpaired) electrons. The summed E-state index contributed by atoms with van der Waals surface area (Å²) in [5, 5.41) is 7.72. The van der Waals surface area contributed by atoms with Crippen molar-refractivity contribution in [2.24, 2.45) is 0 Å². The molecule has 4 rings (SSSR count). The van der Waals surface area contributed by atoms with E-state index in [0.29, 0.717) is 33.9 Å². The summed E-state index contributed by atoms with van der Waals surface area (Å²) in [6, 6.07) is 13.3. The number of amides is 1. The van der Waals surface area contributed by atoms with Crippen LogP contribution in [0.3, 0.4) is 0 Å². The van der Waals surface area contributed by atoms with Crippen LogP contribution < -0.4 is 20.3 Å². The highest BCUT2D eigenvalue weighted by atomic mass is 35.5. The van der Waals surface area contributed by atoms with E-state index in [2.05, 4.69) is 32.0 Å². The van der Waals surface area contributed by atoms with Crippen LogP contribution in [-0.2, 0) is 4.79 Å². The van der Waals surface area contributed by atoms with Gasteiger partial charge in [0.1, 0.15) is 11.6 Å². The second kappa shape index (κ2) is 11.3. The number of aromatic nitrogens is 3. The zero-order chi connectivity index (χ0) is 26.5. The van der Waals surface area contributed by atoms with E-state index in [4.69, 9.17) is 21.3 Å². The van der Waals surface area contributed by atoms with Crippen molar-refractivity contribution in [2.45, 2.75) is 0 Å². The van der Waals surface area contributed by atoms with Crippen LogP contribution in [0.25, 0.3) is 16.7 Å². The third kappa shape index (κ3) is 5.84. The number of anilines is 4. The molecule has 0 aliphatic carbocycles. The highest BCUT2D eigenvalue weighted by molar-refractivity contribution is 6.35. The van der Waals surface area contributed by atoms with Crippen LogP contribution in [0.1, 0.15) is 0 Å². The lowest BCUT2D eigenvalue weighted by Crippen LogP contribution is -2.29. The lowest BCUT2D eigenvalue weighted by atomic mass is 10.2. The van der Waals surface area contributed by atoms with E-state index in [1.165, 1.54) is 6.08 Å². The van der Waals surface area contributed by atoms with Crippen LogP contribution in [-0.4, -0.2) is 66.7 Å². The van der Waals surface area contributed by atoms with E-state index in [1.54, 1.807) is 19.4 Å². The van der Waals surface area contributed by atoms with Crippen molar-refractivity contribution in [3.63, 3.8) is 0 Å². The third-order valence-corrected chi connectivity index (χ3v) is 6.15. The maximum absolute atomic E-state index is 12.2. The van der Waals surface area contributed by atoms with Gasteiger partial charge in [-0.3, -0.25) is 9.36 Å². The molecule has 0 unspecified atom stereocenters. The summed E-state index contributed by atoms with van der Waals surface area (Å²) in [6.07, 6.45) is 4.74. The fourth-order valence-corrected chi connectivity index (χ4v) is 4.15. The van der Waals surface area contributed by atoms with Crippen molar-refractivity contribution < 1.29 is 9.53 Å². The number of methoxy groups -OCH3 is 1. The van der Waals surface area contributed by atoms with E-state index in [1.807, 2.05) is 68.3 Å². The van der Waals surface area contributed by atoms with Gasteiger partial charge in [0.15, 0.2) is 0 Å². The zero-order valence-electron chi connectivity index (χ0n) is 21.3. The summed E-state index contributed by atoms with van der Waals surface area (Å²) >= 11 is 6.44. The molecule has 192 valence electrons. The molecule has 0 fully saturated rings. The van der Waals surface area contributed by atoms with Gasteiger partial charge in [-0.15, -0.1) is 0 Å². The first-order valence-corrected chi connectivity index (χ1v) is 12.1. The van der Waals surface area contributed by atoms with Gasteiger partial charge < -0.3 is 25.2 Å². The van der Waals surface area contributed by atoms with E-state index in [-0.39, 0.29) is 5.91 Å². The number of carbonyl (C=O) groups is 1. The molecule has 0 spiro atoms. The van der Waals surface area contributed by atoms with Crippen LogP contribution in [0.5, 0.6) is 5.75 Å². The number of para-hydroxylation sites is 1. The lowest BCUT2D eigenvalue weighted by Gasteiger charge is -2.26. The molecule has 0 aliphatic rings. The first kappa shape index (κ1) is 26.0. The number of hydrogen-bond donors (Lipinski definition) is 2. The van der Waals surface area contributed by atoms with Gasteiger partial charge in [-0.2, -0.15) is 4.98 Å². The van der Waals surface area contributed by atoms with Gasteiger partial charge >= 0.3 is 0 Å². The number of ether oxygens (including phenoxy) is 1. The molecule has 9 nitrogen and oxygen atoms in total. The summed E-state index contributed by atoms with van der Waals surface area (Å²) in [5.74, 6) is 1.28. The predicted molar refractivity (Wildman–Crippen MR) is 151 cm³/mol. The average molecular weight is 520 g/mol. The number of likely N-dealkylation sites (N-methyl/N-ethyl adjacent to an activating group) is 2. The van der Waals surface area contributed by atoms with Crippen LogP contribution in [0.4, 0.5) is 23.0 Å². The number of halogens is 1. The third-order valence-electron chi connectivity index (χ3n) is 5.85. The van der Waals surface area contributed by atoms with Crippen LogP contribution in [0.15, 0.2) is 67.5 Å². The van der Waals surface area contributed by atoms with Gasteiger partial charge in [-0.25, -0.2) is 4.98 Å². The second-order valence-electron chi connectivity index (χ2n) is 8.72. The largest absolute Gasteiger partial charge is 0.494 e. The maximum atomic E-state index is 12.2. The molecule has 2 aromatic carbocycles. The summed E-state index contributed by atoms with van der Waals surface area (Å²) in [6.45, 7) is 5.16. The van der Waals surface area contributed by atoms with E-state index in [0.717, 1.165) is 29.7 Å². The highest BCUT2D eigenvalue weighted by Crippen LogP contribution is 2.38. The van der Waals surface area contributed by atoms with Gasteiger partial charge in [0.25, 0.3) is 0 Å². The van der Waals surface area contributed by atoms with Crippen LogP contribution in [0, 0.1) is 0 Å². The Morgan fingerprint density at radius 3 is 2.68 bits per heavy atom. The zero-order valence-corrected chi connectivity index (χ0v) is 22.1. The van der Waals surface area contributed by atoms with Crippen molar-refractivity contribution in [3.8, 4) is 11.6 Å². The highest BCUT2D eigenvalue weighted by Gasteiger charge is 2.17. The van der Waals surface area contributed by atoms with Crippen LogP contribution >= 0.6 is 11.6 Å². The molecule has 0 atom stereocenters. The Bertz CT molecular complexity index is 1430. The molecule has 1 amide bonds. The van der Waals surface area contributed by atoms with Gasteiger partial charge in [0.2, 0.25) is 11.9 Å². The Labute approximate surface area is 221 Å². The normalized spacial score (nSPS) is 11.0. The Morgan fingerprint density at radius 1 is 1.16 bits per heavy atom. The molecular weight excluding hydrogens is 490 g/mol. The minimum Gasteiger partial charge on any atom is -0.494 e. The van der Waals surface area contributed by atoms with Gasteiger partial charge in [-0.1, -0.05) is 36.4 Å². The number of hydrogen-bond acceptors (Lipinski definition) is 7. The minimum atomic E-state index is -0.312. The standard InChI is InChI=1S/C27H30ClN7O2/c1-6-26(36)30-20-15-21(24(37-5)16-23(20)34(4)14-13-33(2)3)31-27-29-12-11-25(32-27)35-17-19(28)18-9-7-8-10-22(18)35/h6-12,15-17H,1,13-14H2,2-5H3,(H,30,36)(H,29,31,32). The average Bonchev–Trinajstić information content (AvgIpc) is 3.24. The van der Waals surface area contributed by atoms with Crippen molar-refractivity contribution in [2.75, 3.05) is 56.9 Å². The summed E-state index contributed by atoms with van der Waals surface area (Å²) < 4.78 is 7.60. The molecule has 2 heterocycles. The molecule has 10 heteroatoms. The van der Waals surface area contributed by atoms with Crippen molar-refractivity contribution in [1.82, 2.24) is 19.4 Å². The topological polar surface area (TPSA) is 87.5 Å². The van der Waals surface area contributed by atoms with E-state index < -0.39 is 0 Å². The molecule has 2 aromatic heterocycles. The van der Waals surface area contributed by atoms with E-state index >= 15 is 0 Å². The minimum absolute atomic E-state index is 0.312.